The molecule has 0 aromatic heterocycles. The fourth-order valence-corrected chi connectivity index (χ4v) is 2.62. The molecule has 0 bridgehead atoms. The van der Waals surface area contributed by atoms with Gasteiger partial charge in [0.05, 0.1) is 6.61 Å². The highest BCUT2D eigenvalue weighted by Gasteiger charge is 2.09. The summed E-state index contributed by atoms with van der Waals surface area (Å²) in [7, 11) is 0. The second-order valence-corrected chi connectivity index (χ2v) is 6.53. The average molecular weight is 382 g/mol. The molecule has 148 valence electrons. The first-order valence-corrected chi connectivity index (χ1v) is 9.40. The van der Waals surface area contributed by atoms with Crippen molar-refractivity contribution in [3.63, 3.8) is 0 Å². The van der Waals surface area contributed by atoms with Crippen LogP contribution in [0.4, 0.5) is 0 Å². The summed E-state index contributed by atoms with van der Waals surface area (Å²) in [6.07, 6.45) is 2.29. The van der Waals surface area contributed by atoms with Crippen LogP contribution in [0.3, 0.4) is 0 Å². The minimum atomic E-state index is -0.380. The number of aryl methyl sites for hydroxylation is 2. The molecule has 0 unspecified atom stereocenters. The van der Waals surface area contributed by atoms with Gasteiger partial charge in [-0.2, -0.15) is 0 Å². The molecule has 6 heteroatoms. The number of esters is 1. The van der Waals surface area contributed by atoms with Gasteiger partial charge in [-0.1, -0.05) is 48.0 Å². The molecule has 28 heavy (non-hydrogen) atoms. The summed E-state index contributed by atoms with van der Waals surface area (Å²) in [6.45, 7) is 2.25. The van der Waals surface area contributed by atoms with Gasteiger partial charge in [-0.05, 0) is 43.9 Å². The lowest BCUT2D eigenvalue weighted by atomic mass is 10.1. The van der Waals surface area contributed by atoms with E-state index in [4.69, 9.17) is 4.74 Å². The Morgan fingerprint density at radius 1 is 0.893 bits per heavy atom. The van der Waals surface area contributed by atoms with E-state index in [0.29, 0.717) is 18.6 Å². The first kappa shape index (κ1) is 21.2. The maximum absolute atomic E-state index is 11.9. The topological polar surface area (TPSA) is 84.5 Å². The molecule has 0 saturated heterocycles. The summed E-state index contributed by atoms with van der Waals surface area (Å²) in [6, 6.07) is 17.1. The largest absolute Gasteiger partial charge is 0.466 e. The Kier molecular flexibility index (Phi) is 8.72. The number of benzene rings is 2. The van der Waals surface area contributed by atoms with Crippen LogP contribution in [0.1, 0.15) is 47.2 Å². The molecule has 0 atom stereocenters. The number of hydrogen-bond acceptors (Lipinski definition) is 4. The Balaban J connectivity index is 1.53. The Labute approximate surface area is 165 Å². The van der Waals surface area contributed by atoms with Crippen LogP contribution in [-0.2, 0) is 20.7 Å². The standard InChI is InChI=1S/C22H26N2O4/c1-17-8-5-12-19(16-17)22(27)24-23-20(25)13-6-14-21(26)28-15-7-11-18-9-3-2-4-10-18/h2-5,8-10,12,16H,6-7,11,13-15H2,1H3,(H,23,25)(H,24,27). The van der Waals surface area contributed by atoms with Gasteiger partial charge in [-0.25, -0.2) is 0 Å². The summed E-state index contributed by atoms with van der Waals surface area (Å²) in [5.74, 6) is -1.04. The Bertz CT molecular complexity index is 790. The first-order valence-electron chi connectivity index (χ1n) is 9.40. The lowest BCUT2D eigenvalue weighted by Crippen LogP contribution is -2.41. The van der Waals surface area contributed by atoms with Gasteiger partial charge in [-0.15, -0.1) is 0 Å². The van der Waals surface area contributed by atoms with Crippen molar-refractivity contribution >= 4 is 17.8 Å². The predicted octanol–water partition coefficient (Wildman–Crippen LogP) is 3.10. The zero-order chi connectivity index (χ0) is 20.2. The van der Waals surface area contributed by atoms with Gasteiger partial charge in [-0.3, -0.25) is 25.2 Å². The van der Waals surface area contributed by atoms with E-state index < -0.39 is 0 Å². The number of amides is 2. The van der Waals surface area contributed by atoms with Crippen LogP contribution in [0.5, 0.6) is 0 Å². The Hall–Kier alpha value is -3.15. The number of ether oxygens (including phenoxy) is 1. The first-order chi connectivity index (χ1) is 13.5. The highest BCUT2D eigenvalue weighted by Crippen LogP contribution is 2.05. The summed E-state index contributed by atoms with van der Waals surface area (Å²) in [4.78, 5) is 35.4. The summed E-state index contributed by atoms with van der Waals surface area (Å²) >= 11 is 0. The van der Waals surface area contributed by atoms with Crippen LogP contribution in [0.2, 0.25) is 0 Å². The maximum Gasteiger partial charge on any atom is 0.305 e. The molecular formula is C22H26N2O4. The SMILES string of the molecule is Cc1cccc(C(=O)NNC(=O)CCCC(=O)OCCCc2ccccc2)c1. The number of rotatable bonds is 9. The van der Waals surface area contributed by atoms with E-state index in [1.807, 2.05) is 43.3 Å². The number of carbonyl (C=O) groups excluding carboxylic acids is 3. The van der Waals surface area contributed by atoms with E-state index >= 15 is 0 Å². The molecule has 0 aliphatic rings. The minimum absolute atomic E-state index is 0.132. The molecule has 0 aliphatic heterocycles. The third kappa shape index (κ3) is 8.03. The quantitative estimate of drug-likeness (QED) is 0.396. The molecule has 0 fully saturated rings. The minimum Gasteiger partial charge on any atom is -0.466 e. The van der Waals surface area contributed by atoms with Crippen LogP contribution in [0, 0.1) is 6.92 Å². The van der Waals surface area contributed by atoms with E-state index in [-0.39, 0.29) is 30.6 Å². The molecule has 6 nitrogen and oxygen atoms in total. The molecule has 2 amide bonds. The second-order valence-electron chi connectivity index (χ2n) is 6.53. The summed E-state index contributed by atoms with van der Waals surface area (Å²) < 4.78 is 5.17. The molecule has 0 heterocycles. The van der Waals surface area contributed by atoms with Crippen molar-refractivity contribution in [2.75, 3.05) is 6.61 Å². The van der Waals surface area contributed by atoms with E-state index in [1.165, 1.54) is 5.56 Å². The van der Waals surface area contributed by atoms with Gasteiger partial charge in [0.15, 0.2) is 0 Å². The van der Waals surface area contributed by atoms with Crippen molar-refractivity contribution in [3.8, 4) is 0 Å². The monoisotopic (exact) mass is 382 g/mol. The van der Waals surface area contributed by atoms with Crippen LogP contribution < -0.4 is 10.9 Å². The third-order valence-electron chi connectivity index (χ3n) is 4.10. The lowest BCUT2D eigenvalue weighted by Gasteiger charge is -2.08. The van der Waals surface area contributed by atoms with Crippen molar-refractivity contribution in [1.82, 2.24) is 10.9 Å². The van der Waals surface area contributed by atoms with Crippen molar-refractivity contribution < 1.29 is 19.1 Å². The maximum atomic E-state index is 11.9. The Morgan fingerprint density at radius 3 is 2.43 bits per heavy atom. The van der Waals surface area contributed by atoms with Gasteiger partial charge >= 0.3 is 5.97 Å². The molecule has 0 spiro atoms. The van der Waals surface area contributed by atoms with Crippen LogP contribution in [0.15, 0.2) is 54.6 Å². The molecule has 0 aliphatic carbocycles. The number of nitrogens with one attached hydrogen (secondary N) is 2. The lowest BCUT2D eigenvalue weighted by molar-refractivity contribution is -0.143. The van der Waals surface area contributed by atoms with Gasteiger partial charge in [0.25, 0.3) is 5.91 Å². The van der Waals surface area contributed by atoms with Gasteiger partial charge < -0.3 is 4.74 Å². The van der Waals surface area contributed by atoms with Crippen molar-refractivity contribution in [2.45, 2.75) is 39.0 Å². The fourth-order valence-electron chi connectivity index (χ4n) is 2.62. The number of hydrogen-bond donors (Lipinski definition) is 2. The zero-order valence-corrected chi connectivity index (χ0v) is 16.1. The van der Waals surface area contributed by atoms with Crippen LogP contribution in [0.25, 0.3) is 0 Å². The molecule has 2 aromatic carbocycles. The second kappa shape index (κ2) is 11.5. The zero-order valence-electron chi connectivity index (χ0n) is 16.1. The fraction of sp³-hybridized carbons (Fsp3) is 0.318. The van der Waals surface area contributed by atoms with Crippen LogP contribution in [-0.4, -0.2) is 24.4 Å². The summed E-state index contributed by atoms with van der Waals surface area (Å²) in [5.41, 5.74) is 7.36. The van der Waals surface area contributed by atoms with Crippen molar-refractivity contribution in [1.29, 1.82) is 0 Å². The average Bonchev–Trinajstić information content (AvgIpc) is 2.70. The van der Waals surface area contributed by atoms with E-state index in [9.17, 15) is 14.4 Å². The highest BCUT2D eigenvalue weighted by atomic mass is 16.5. The van der Waals surface area contributed by atoms with Crippen molar-refractivity contribution in [2.24, 2.45) is 0 Å². The highest BCUT2D eigenvalue weighted by molar-refractivity contribution is 5.95. The molecule has 2 rings (SSSR count). The van der Waals surface area contributed by atoms with Gasteiger partial charge in [0.2, 0.25) is 5.91 Å². The molecule has 2 aromatic rings. The number of carbonyl (C=O) groups is 3. The third-order valence-corrected chi connectivity index (χ3v) is 4.10. The van der Waals surface area contributed by atoms with Gasteiger partial charge in [0.1, 0.15) is 0 Å². The normalized spacial score (nSPS) is 10.2. The van der Waals surface area contributed by atoms with E-state index in [2.05, 4.69) is 10.9 Å². The van der Waals surface area contributed by atoms with E-state index in [1.54, 1.807) is 18.2 Å². The Morgan fingerprint density at radius 2 is 1.68 bits per heavy atom. The van der Waals surface area contributed by atoms with E-state index in [0.717, 1.165) is 18.4 Å². The number of hydrazine groups is 1. The molecule has 2 N–H and O–H groups in total. The molecule has 0 radical (unpaired) electrons. The molecule has 0 saturated carbocycles. The summed E-state index contributed by atoms with van der Waals surface area (Å²) in [5, 5.41) is 0. The van der Waals surface area contributed by atoms with Crippen molar-refractivity contribution in [3.05, 3.63) is 71.3 Å². The van der Waals surface area contributed by atoms with Crippen LogP contribution >= 0.6 is 0 Å². The molecular weight excluding hydrogens is 356 g/mol. The smallest absolute Gasteiger partial charge is 0.305 e. The predicted molar refractivity (Wildman–Crippen MR) is 106 cm³/mol. The van der Waals surface area contributed by atoms with Gasteiger partial charge in [0, 0.05) is 18.4 Å².